The molecule has 2 heterocycles. The third-order valence-corrected chi connectivity index (χ3v) is 3.83. The summed E-state index contributed by atoms with van der Waals surface area (Å²) in [6, 6.07) is 5.76. The first-order chi connectivity index (χ1) is 11.4. The van der Waals surface area contributed by atoms with E-state index in [-0.39, 0.29) is 18.0 Å². The quantitative estimate of drug-likeness (QED) is 0.820. The summed E-state index contributed by atoms with van der Waals surface area (Å²) in [5, 5.41) is 3.18. The predicted octanol–water partition coefficient (Wildman–Crippen LogP) is 3.73. The Morgan fingerprint density at radius 3 is 2.48 bits per heavy atom. The van der Waals surface area contributed by atoms with Crippen molar-refractivity contribution in [1.29, 1.82) is 0 Å². The summed E-state index contributed by atoms with van der Waals surface area (Å²) in [6.45, 7) is 2.65. The molecule has 0 saturated carbocycles. The average Bonchev–Trinajstić information content (AvgIpc) is 3.04. The molecule has 0 bridgehead atoms. The third kappa shape index (κ3) is 4.87. The number of ether oxygens (including phenoxy) is 1. The zero-order valence-electron chi connectivity index (χ0n) is 13.1. The first-order valence-corrected chi connectivity index (χ1v) is 7.47. The van der Waals surface area contributed by atoms with Crippen LogP contribution >= 0.6 is 12.4 Å². The maximum Gasteiger partial charge on any atom is 0.573 e. The van der Waals surface area contributed by atoms with Crippen LogP contribution in [0.3, 0.4) is 0 Å². The fourth-order valence-corrected chi connectivity index (χ4v) is 2.85. The Morgan fingerprint density at radius 1 is 1.16 bits per heavy atom. The van der Waals surface area contributed by atoms with Crippen molar-refractivity contribution in [3.63, 3.8) is 0 Å². The van der Waals surface area contributed by atoms with Crippen LogP contribution in [-0.4, -0.2) is 37.4 Å². The Hall–Kier alpha value is -1.77. The number of alkyl halides is 3. The van der Waals surface area contributed by atoms with Gasteiger partial charge in [0.1, 0.15) is 17.3 Å². The zero-order chi connectivity index (χ0) is 17.2. The number of hydrogen-bond donors (Lipinski definition) is 1. The van der Waals surface area contributed by atoms with E-state index in [0.717, 1.165) is 18.2 Å². The van der Waals surface area contributed by atoms with E-state index in [1.807, 2.05) is 4.90 Å². The fourth-order valence-electron chi connectivity index (χ4n) is 2.85. The van der Waals surface area contributed by atoms with Gasteiger partial charge in [-0.2, -0.15) is 0 Å². The number of hydrogen-bond acceptors (Lipinski definition) is 4. The van der Waals surface area contributed by atoms with Crippen LogP contribution in [0.25, 0.3) is 0 Å². The van der Waals surface area contributed by atoms with E-state index in [1.165, 1.54) is 6.26 Å². The number of nitrogens with zero attached hydrogens (tertiary/aromatic N) is 1. The van der Waals surface area contributed by atoms with E-state index >= 15 is 0 Å². The fraction of sp³-hybridized carbons (Fsp3) is 0.375. The van der Waals surface area contributed by atoms with E-state index in [4.69, 9.17) is 4.42 Å². The van der Waals surface area contributed by atoms with E-state index in [2.05, 4.69) is 10.1 Å². The van der Waals surface area contributed by atoms with Crippen LogP contribution in [-0.2, 0) is 0 Å². The van der Waals surface area contributed by atoms with Crippen molar-refractivity contribution in [2.24, 2.45) is 0 Å². The van der Waals surface area contributed by atoms with Gasteiger partial charge in [0.25, 0.3) is 0 Å². The van der Waals surface area contributed by atoms with Crippen molar-refractivity contribution in [2.75, 3.05) is 26.2 Å². The second-order valence-electron chi connectivity index (χ2n) is 5.44. The topological polar surface area (TPSA) is 37.6 Å². The van der Waals surface area contributed by atoms with Crippen molar-refractivity contribution < 1.29 is 26.7 Å². The van der Waals surface area contributed by atoms with Gasteiger partial charge in [-0.05, 0) is 30.3 Å². The van der Waals surface area contributed by atoms with Gasteiger partial charge in [-0.25, -0.2) is 4.39 Å². The summed E-state index contributed by atoms with van der Waals surface area (Å²) in [7, 11) is 0. The van der Waals surface area contributed by atoms with Gasteiger partial charge >= 0.3 is 6.36 Å². The highest BCUT2D eigenvalue weighted by atomic mass is 35.5. The molecule has 1 aliphatic rings. The molecule has 0 aliphatic carbocycles. The molecule has 2 aromatic rings. The van der Waals surface area contributed by atoms with Crippen molar-refractivity contribution in [2.45, 2.75) is 12.4 Å². The lowest BCUT2D eigenvalue weighted by atomic mass is 10.0. The van der Waals surface area contributed by atoms with Gasteiger partial charge in [-0.1, -0.05) is 0 Å². The smallest absolute Gasteiger partial charge is 0.467 e. The van der Waals surface area contributed by atoms with Crippen LogP contribution < -0.4 is 10.1 Å². The predicted molar refractivity (Wildman–Crippen MR) is 85.3 cm³/mol. The number of nitrogens with one attached hydrogen (secondary N) is 1. The van der Waals surface area contributed by atoms with Crippen molar-refractivity contribution in [3.05, 3.63) is 53.7 Å². The van der Waals surface area contributed by atoms with Gasteiger partial charge in [0.15, 0.2) is 0 Å². The van der Waals surface area contributed by atoms with Crippen molar-refractivity contribution in [3.8, 4) is 5.75 Å². The van der Waals surface area contributed by atoms with Gasteiger partial charge < -0.3 is 14.5 Å². The second-order valence-corrected chi connectivity index (χ2v) is 5.44. The molecule has 0 unspecified atom stereocenters. The first kappa shape index (κ1) is 19.6. The lowest BCUT2D eigenvalue weighted by molar-refractivity contribution is -0.274. The van der Waals surface area contributed by atoms with E-state index in [1.54, 1.807) is 12.1 Å². The minimum absolute atomic E-state index is 0. The molecule has 3 rings (SSSR count). The normalized spacial score (nSPS) is 17.0. The Kier molecular flexibility index (Phi) is 6.31. The molecule has 0 amide bonds. The maximum absolute atomic E-state index is 14.4. The molecule has 4 nitrogen and oxygen atoms in total. The number of furan rings is 1. The standard InChI is InChI=1S/C16H16F4N2O2.ClH/c17-13-4-3-11(24-16(18,19)20)10-12(13)15(14-2-1-9-23-14)22-7-5-21-6-8-22;/h1-4,9-10,15,21H,5-8H2;1H/t15-;/m1./s1. The molecule has 1 aliphatic heterocycles. The molecule has 1 saturated heterocycles. The van der Waals surface area contributed by atoms with Crippen LogP contribution in [0.5, 0.6) is 5.75 Å². The summed E-state index contributed by atoms with van der Waals surface area (Å²) in [5.41, 5.74) is 0.0913. The molecule has 1 aromatic heterocycles. The highest BCUT2D eigenvalue weighted by Crippen LogP contribution is 2.34. The van der Waals surface area contributed by atoms with Crippen LogP contribution in [0.4, 0.5) is 17.6 Å². The molecule has 1 atom stereocenters. The molecule has 1 N–H and O–H groups in total. The van der Waals surface area contributed by atoms with Gasteiger partial charge in [0.2, 0.25) is 0 Å². The summed E-state index contributed by atoms with van der Waals surface area (Å²) in [6.07, 6.45) is -3.37. The van der Waals surface area contributed by atoms with Crippen LogP contribution in [0.2, 0.25) is 0 Å². The molecule has 9 heteroatoms. The Labute approximate surface area is 148 Å². The van der Waals surface area contributed by atoms with Gasteiger partial charge in [0.05, 0.1) is 12.3 Å². The number of piperazine rings is 1. The molecule has 25 heavy (non-hydrogen) atoms. The van der Waals surface area contributed by atoms with E-state index < -0.39 is 24.0 Å². The Bertz CT molecular complexity index is 673. The molecule has 1 aromatic carbocycles. The largest absolute Gasteiger partial charge is 0.573 e. The van der Waals surface area contributed by atoms with E-state index in [0.29, 0.717) is 31.9 Å². The minimum atomic E-state index is -4.83. The molecule has 0 spiro atoms. The van der Waals surface area contributed by atoms with Crippen LogP contribution in [0.1, 0.15) is 17.4 Å². The molecule has 138 valence electrons. The monoisotopic (exact) mass is 380 g/mol. The van der Waals surface area contributed by atoms with Gasteiger partial charge in [0, 0.05) is 31.7 Å². The molecule has 0 radical (unpaired) electrons. The Balaban J connectivity index is 0.00000225. The van der Waals surface area contributed by atoms with E-state index in [9.17, 15) is 17.6 Å². The first-order valence-electron chi connectivity index (χ1n) is 7.47. The number of benzene rings is 1. The zero-order valence-corrected chi connectivity index (χ0v) is 13.9. The number of rotatable bonds is 4. The molecular formula is C16H17ClF4N2O2. The third-order valence-electron chi connectivity index (χ3n) is 3.83. The number of halogens is 5. The molecular weight excluding hydrogens is 364 g/mol. The SMILES string of the molecule is Cl.Fc1ccc(OC(F)(F)F)cc1[C@H](c1ccco1)N1CCNCC1. The summed E-state index contributed by atoms with van der Waals surface area (Å²) < 4.78 is 61.1. The highest BCUT2D eigenvalue weighted by Gasteiger charge is 2.33. The summed E-state index contributed by atoms with van der Waals surface area (Å²) >= 11 is 0. The summed E-state index contributed by atoms with van der Waals surface area (Å²) in [4.78, 5) is 1.96. The van der Waals surface area contributed by atoms with Crippen molar-refractivity contribution >= 4 is 12.4 Å². The summed E-state index contributed by atoms with van der Waals surface area (Å²) in [5.74, 6) is -0.588. The van der Waals surface area contributed by atoms with Gasteiger partial charge in [-0.3, -0.25) is 4.90 Å². The second kappa shape index (κ2) is 8.07. The minimum Gasteiger partial charge on any atom is -0.467 e. The highest BCUT2D eigenvalue weighted by molar-refractivity contribution is 5.85. The van der Waals surface area contributed by atoms with Crippen LogP contribution in [0, 0.1) is 5.82 Å². The Morgan fingerprint density at radius 2 is 1.88 bits per heavy atom. The van der Waals surface area contributed by atoms with Crippen molar-refractivity contribution in [1.82, 2.24) is 10.2 Å². The average molecular weight is 381 g/mol. The van der Waals surface area contributed by atoms with Crippen LogP contribution in [0.15, 0.2) is 41.0 Å². The lowest BCUT2D eigenvalue weighted by Gasteiger charge is -2.34. The van der Waals surface area contributed by atoms with Gasteiger partial charge in [-0.15, -0.1) is 25.6 Å². The lowest BCUT2D eigenvalue weighted by Crippen LogP contribution is -2.45. The maximum atomic E-state index is 14.4. The molecule has 1 fully saturated rings.